The Balaban J connectivity index is 3.86. The van der Waals surface area contributed by atoms with Crippen LogP contribution in [0.3, 0.4) is 0 Å². The highest BCUT2D eigenvalue weighted by molar-refractivity contribution is 7.98. The Kier molecular flexibility index (Phi) is 10.2. The Bertz CT molecular complexity index is 240. The minimum absolute atomic E-state index is 0.468. The maximum Gasteiger partial charge on any atom is 0.372 e. The zero-order valence-electron chi connectivity index (χ0n) is 10.6. The predicted octanol–water partition coefficient (Wildman–Crippen LogP) is 0.149. The first-order chi connectivity index (χ1) is 8.52. The Morgan fingerprint density at radius 1 is 0.944 bits per heavy atom. The van der Waals surface area contributed by atoms with E-state index < -0.39 is 24.0 Å². The lowest BCUT2D eigenvalue weighted by Gasteiger charge is -2.11. The fraction of sp³-hybridized carbons (Fsp3) is 0.800. The number of rotatable bonds is 8. The van der Waals surface area contributed by atoms with Crippen molar-refractivity contribution < 1.29 is 19.4 Å². The van der Waals surface area contributed by atoms with Crippen molar-refractivity contribution in [2.24, 2.45) is 11.5 Å². The van der Waals surface area contributed by atoms with Gasteiger partial charge in [0.2, 0.25) is 0 Å². The molecule has 0 rings (SSSR count). The topological polar surface area (TPSA) is 105 Å². The average molecular weight is 296 g/mol. The first-order valence-electron chi connectivity index (χ1n) is 5.44. The van der Waals surface area contributed by atoms with E-state index >= 15 is 0 Å². The number of carbonyl (C=O) groups excluding carboxylic acids is 2. The highest BCUT2D eigenvalue weighted by Crippen LogP contribution is 2.03. The van der Waals surface area contributed by atoms with E-state index in [2.05, 4.69) is 9.78 Å². The van der Waals surface area contributed by atoms with Gasteiger partial charge in [-0.3, -0.25) is 0 Å². The summed E-state index contributed by atoms with van der Waals surface area (Å²) in [6.45, 7) is 0. The van der Waals surface area contributed by atoms with E-state index in [1.807, 2.05) is 12.5 Å². The summed E-state index contributed by atoms with van der Waals surface area (Å²) < 4.78 is 0. The molecule has 0 radical (unpaired) electrons. The normalized spacial score (nSPS) is 13.8. The summed E-state index contributed by atoms with van der Waals surface area (Å²) in [6, 6.07) is -1.57. The van der Waals surface area contributed by atoms with E-state index in [9.17, 15) is 9.59 Å². The van der Waals surface area contributed by atoms with Gasteiger partial charge in [0.25, 0.3) is 0 Å². The molecule has 0 amide bonds. The largest absolute Gasteiger partial charge is 0.372 e. The average Bonchev–Trinajstić information content (AvgIpc) is 2.38. The van der Waals surface area contributed by atoms with Crippen molar-refractivity contribution in [3.8, 4) is 0 Å². The van der Waals surface area contributed by atoms with E-state index in [1.165, 1.54) is 0 Å². The summed E-state index contributed by atoms with van der Waals surface area (Å²) >= 11 is 3.14. The fourth-order valence-electron chi connectivity index (χ4n) is 0.931. The van der Waals surface area contributed by atoms with Crippen LogP contribution in [0, 0.1) is 0 Å². The first-order valence-corrected chi connectivity index (χ1v) is 8.23. The molecule has 18 heavy (non-hydrogen) atoms. The molecule has 0 saturated carbocycles. The van der Waals surface area contributed by atoms with Gasteiger partial charge in [-0.2, -0.15) is 23.5 Å². The molecule has 4 N–H and O–H groups in total. The van der Waals surface area contributed by atoms with Crippen LogP contribution in [-0.4, -0.2) is 48.0 Å². The second kappa shape index (κ2) is 10.5. The molecule has 0 heterocycles. The minimum atomic E-state index is -0.785. The second-order valence-corrected chi connectivity index (χ2v) is 5.55. The fourth-order valence-corrected chi connectivity index (χ4v) is 1.91. The molecule has 0 aliphatic rings. The summed E-state index contributed by atoms with van der Waals surface area (Å²) in [5.41, 5.74) is 11.1. The van der Waals surface area contributed by atoms with Crippen molar-refractivity contribution >= 4 is 35.5 Å². The van der Waals surface area contributed by atoms with E-state index in [0.717, 1.165) is 11.5 Å². The molecule has 0 aliphatic heterocycles. The van der Waals surface area contributed by atoms with E-state index in [4.69, 9.17) is 11.5 Å². The van der Waals surface area contributed by atoms with Crippen LogP contribution in [0.15, 0.2) is 0 Å². The van der Waals surface area contributed by atoms with Crippen LogP contribution < -0.4 is 11.5 Å². The van der Waals surface area contributed by atoms with Gasteiger partial charge in [0, 0.05) is 0 Å². The van der Waals surface area contributed by atoms with Crippen LogP contribution in [0.5, 0.6) is 0 Å². The molecule has 106 valence electrons. The van der Waals surface area contributed by atoms with E-state index in [0.29, 0.717) is 12.8 Å². The Morgan fingerprint density at radius 3 is 1.56 bits per heavy atom. The van der Waals surface area contributed by atoms with Crippen molar-refractivity contribution in [3.05, 3.63) is 0 Å². The third-order valence-corrected chi connectivity index (χ3v) is 3.37. The molecule has 2 atom stereocenters. The third-order valence-electron chi connectivity index (χ3n) is 2.08. The van der Waals surface area contributed by atoms with Crippen molar-refractivity contribution in [1.82, 2.24) is 0 Å². The number of hydrogen-bond donors (Lipinski definition) is 2. The molecule has 0 unspecified atom stereocenters. The lowest BCUT2D eigenvalue weighted by Crippen LogP contribution is -2.37. The van der Waals surface area contributed by atoms with Gasteiger partial charge in [-0.1, -0.05) is 0 Å². The number of nitrogens with two attached hydrogens (primary N) is 2. The molecular formula is C10H20N2O4S2. The third kappa shape index (κ3) is 7.80. The molecule has 0 aromatic rings. The summed E-state index contributed by atoms with van der Waals surface area (Å²) in [5, 5.41) is 0. The molecule has 0 fully saturated rings. The predicted molar refractivity (Wildman–Crippen MR) is 74.1 cm³/mol. The lowest BCUT2D eigenvalue weighted by atomic mass is 10.2. The van der Waals surface area contributed by atoms with Gasteiger partial charge in [-0.15, -0.1) is 0 Å². The molecule has 8 heteroatoms. The van der Waals surface area contributed by atoms with Crippen LogP contribution in [0.1, 0.15) is 12.8 Å². The molecule has 0 saturated heterocycles. The lowest BCUT2D eigenvalue weighted by molar-refractivity contribution is -0.261. The van der Waals surface area contributed by atoms with Crippen molar-refractivity contribution in [1.29, 1.82) is 0 Å². The molecule has 0 aromatic heterocycles. The van der Waals surface area contributed by atoms with Gasteiger partial charge in [0.15, 0.2) is 0 Å². The zero-order valence-corrected chi connectivity index (χ0v) is 12.2. The molecule has 0 spiro atoms. The number of carbonyl (C=O) groups is 2. The maximum absolute atomic E-state index is 11.3. The van der Waals surface area contributed by atoms with Gasteiger partial charge in [-0.25, -0.2) is 19.4 Å². The van der Waals surface area contributed by atoms with E-state index in [1.54, 1.807) is 23.5 Å². The van der Waals surface area contributed by atoms with Crippen molar-refractivity contribution in [2.45, 2.75) is 24.9 Å². The van der Waals surface area contributed by atoms with Crippen LogP contribution >= 0.6 is 23.5 Å². The molecular weight excluding hydrogens is 276 g/mol. The van der Waals surface area contributed by atoms with Crippen molar-refractivity contribution in [2.75, 3.05) is 24.0 Å². The first kappa shape index (κ1) is 17.6. The second-order valence-electron chi connectivity index (χ2n) is 3.58. The zero-order chi connectivity index (χ0) is 14.0. The van der Waals surface area contributed by atoms with Gasteiger partial charge in [-0.05, 0) is 36.9 Å². The van der Waals surface area contributed by atoms with Gasteiger partial charge in [0.1, 0.15) is 12.1 Å². The van der Waals surface area contributed by atoms with Crippen LogP contribution in [0.2, 0.25) is 0 Å². The summed E-state index contributed by atoms with van der Waals surface area (Å²) in [6.07, 6.45) is 4.75. The smallest absolute Gasteiger partial charge is 0.318 e. The van der Waals surface area contributed by atoms with Crippen molar-refractivity contribution in [3.63, 3.8) is 0 Å². The summed E-state index contributed by atoms with van der Waals surface area (Å²) in [7, 11) is 0. The molecule has 0 bridgehead atoms. The molecule has 6 nitrogen and oxygen atoms in total. The summed E-state index contributed by atoms with van der Waals surface area (Å²) in [5.74, 6) is -0.0431. The number of thioether (sulfide) groups is 2. The van der Waals surface area contributed by atoms with Crippen LogP contribution in [0.4, 0.5) is 0 Å². The Labute approximate surface area is 115 Å². The SMILES string of the molecule is CSCC[C@H](N)C(=O)OOC(=O)[C@@H](N)CCSC. The Hall–Kier alpha value is -0.440. The highest BCUT2D eigenvalue weighted by atomic mass is 32.2. The quantitative estimate of drug-likeness (QED) is 0.482. The molecule has 0 aromatic carbocycles. The standard InChI is InChI=1S/C10H20N2O4S2/c1-17-5-3-7(11)9(13)15-16-10(14)8(12)4-6-18-2/h7-8H,3-6,11-12H2,1-2H3/t7-,8-/m0/s1. The summed E-state index contributed by atoms with van der Waals surface area (Å²) in [4.78, 5) is 31.3. The number of hydrogen-bond acceptors (Lipinski definition) is 8. The minimum Gasteiger partial charge on any atom is -0.318 e. The van der Waals surface area contributed by atoms with Gasteiger partial charge in [0.05, 0.1) is 0 Å². The molecule has 0 aliphatic carbocycles. The van der Waals surface area contributed by atoms with Crippen LogP contribution in [0.25, 0.3) is 0 Å². The Morgan fingerprint density at radius 2 is 1.28 bits per heavy atom. The van der Waals surface area contributed by atoms with E-state index in [-0.39, 0.29) is 0 Å². The highest BCUT2D eigenvalue weighted by Gasteiger charge is 2.21. The van der Waals surface area contributed by atoms with Gasteiger partial charge < -0.3 is 11.5 Å². The maximum atomic E-state index is 11.3. The van der Waals surface area contributed by atoms with Gasteiger partial charge >= 0.3 is 11.9 Å². The monoisotopic (exact) mass is 296 g/mol. The van der Waals surface area contributed by atoms with Crippen LogP contribution in [-0.2, 0) is 19.4 Å².